The number of nitrogens with one attached hydrogen (secondary N) is 1. The van der Waals surface area contributed by atoms with Gasteiger partial charge in [-0.2, -0.15) is 0 Å². The second-order valence-electron chi connectivity index (χ2n) is 2.81. The van der Waals surface area contributed by atoms with Gasteiger partial charge in [0, 0.05) is 15.9 Å². The summed E-state index contributed by atoms with van der Waals surface area (Å²) in [5.74, 6) is 0.348. The molecule has 2 nitrogen and oxygen atoms in total. The fraction of sp³-hybridized carbons (Fsp3) is 0.800. The van der Waals surface area contributed by atoms with Crippen LogP contribution in [0.5, 0.6) is 0 Å². The third kappa shape index (κ3) is 3.85. The summed E-state index contributed by atoms with van der Waals surface area (Å²) in [5, 5.41) is 3.03. The molecule has 0 aromatic heterocycles. The maximum atomic E-state index is 11.2. The van der Waals surface area contributed by atoms with E-state index < -0.39 is 0 Å². The smallest absolute Gasteiger partial charge is 0.142 e. The van der Waals surface area contributed by atoms with E-state index in [0.717, 1.165) is 30.8 Å². The summed E-state index contributed by atoms with van der Waals surface area (Å²) in [4.78, 5) is 11.9. The van der Waals surface area contributed by atoms with Gasteiger partial charge in [0.05, 0.1) is 10.9 Å². The molecule has 1 aliphatic carbocycles. The molecule has 0 aromatic carbocycles. The highest BCUT2D eigenvalue weighted by molar-refractivity contribution is 7.80. The predicted molar refractivity (Wildman–Crippen MR) is 62.1 cm³/mol. The average molecular weight is 207 g/mol. The molecule has 0 saturated heterocycles. The summed E-state index contributed by atoms with van der Waals surface area (Å²) < 4.78 is 10.0. The van der Waals surface area contributed by atoms with E-state index in [1.165, 1.54) is 0 Å². The van der Waals surface area contributed by atoms with Gasteiger partial charge < -0.3 is 5.32 Å². The van der Waals surface area contributed by atoms with Crippen molar-refractivity contribution in [3.8, 4) is 0 Å². The Labute approximate surface area is 89.2 Å². The van der Waals surface area contributed by atoms with Gasteiger partial charge in [0.25, 0.3) is 0 Å². The average Bonchev–Trinajstić information content (AvgIpc) is 2.71. The third-order valence-electron chi connectivity index (χ3n) is 1.97. The Kier molecular flexibility index (Phi) is 5.74. The molecule has 0 heterocycles. The van der Waals surface area contributed by atoms with Crippen molar-refractivity contribution in [3.63, 3.8) is 0 Å². The quantitative estimate of drug-likeness (QED) is 0.706. The number of thiocarbonyl (C=S) groups is 1. The second-order valence-corrected chi connectivity index (χ2v) is 3.25. The fourth-order valence-corrected chi connectivity index (χ4v) is 1.78. The molecule has 0 spiro atoms. The molecule has 3 heteroatoms. The van der Waals surface area contributed by atoms with Crippen molar-refractivity contribution in [2.24, 2.45) is 5.92 Å². The highest BCUT2D eigenvalue weighted by atomic mass is 32.1. The Hall–Kier alpha value is -0.440. The minimum absolute atomic E-state index is 0.0324. The molecule has 1 unspecified atom stereocenters. The van der Waals surface area contributed by atoms with Crippen LogP contribution in [-0.4, -0.2) is 17.3 Å². The summed E-state index contributed by atoms with van der Waals surface area (Å²) in [7, 11) is 0. The van der Waals surface area contributed by atoms with Crippen LogP contribution in [0.4, 0.5) is 0 Å². The van der Waals surface area contributed by atoms with Gasteiger partial charge in [-0.05, 0) is 19.8 Å². The largest absolute Gasteiger partial charge is 0.379 e. The topological polar surface area (TPSA) is 29.1 Å². The minimum atomic E-state index is 0.0324. The standard InChI is InChI=1S/C8H13NOS.C2H6.H2/c1-2-9-8(11)6-4-3-5-7(6)10;1-2;/h6H,2-5H2,1H3,(H,9,11);1-2H3;1H/i;;1+2T. The van der Waals surface area contributed by atoms with Crippen LogP contribution in [0.25, 0.3) is 0 Å². The van der Waals surface area contributed by atoms with Crippen LogP contribution >= 0.6 is 12.2 Å². The summed E-state index contributed by atoms with van der Waals surface area (Å²) in [6.07, 6.45) is 2.68. The molecule has 1 aliphatic rings. The molecule has 0 radical (unpaired) electrons. The molecule has 0 bridgehead atoms. The van der Waals surface area contributed by atoms with Crippen LogP contribution < -0.4 is 5.32 Å². The van der Waals surface area contributed by atoms with Crippen molar-refractivity contribution in [2.45, 2.75) is 40.0 Å². The lowest BCUT2D eigenvalue weighted by atomic mass is 10.1. The van der Waals surface area contributed by atoms with Crippen LogP contribution in [0, 0.1) is 5.92 Å². The Bertz CT molecular complexity index is 188. The van der Waals surface area contributed by atoms with E-state index in [-0.39, 0.29) is 5.92 Å². The molecular formula is C10H21NOS. The zero-order valence-electron chi connectivity index (χ0n) is 10.7. The maximum Gasteiger partial charge on any atom is 0.142 e. The zero-order valence-corrected chi connectivity index (χ0v) is 9.54. The van der Waals surface area contributed by atoms with E-state index in [1.807, 2.05) is 20.8 Å². The van der Waals surface area contributed by atoms with E-state index in [2.05, 4.69) is 5.32 Å². The van der Waals surface area contributed by atoms with Crippen LogP contribution in [-0.2, 0) is 4.79 Å². The van der Waals surface area contributed by atoms with Gasteiger partial charge in [0.15, 0.2) is 0 Å². The highest BCUT2D eigenvalue weighted by Gasteiger charge is 2.27. The van der Waals surface area contributed by atoms with Gasteiger partial charge in [0.1, 0.15) is 5.78 Å². The molecule has 1 N–H and O–H groups in total. The fourth-order valence-electron chi connectivity index (χ4n) is 1.39. The van der Waals surface area contributed by atoms with Crippen molar-refractivity contribution in [2.75, 3.05) is 6.54 Å². The Balaban J connectivity index is 0. The van der Waals surface area contributed by atoms with Gasteiger partial charge in [-0.1, -0.05) is 26.1 Å². The monoisotopic (exact) mass is 207 g/mol. The first-order valence-electron chi connectivity index (χ1n) is 6.06. The maximum absolute atomic E-state index is 11.2. The van der Waals surface area contributed by atoms with Crippen LogP contribution in [0.2, 0.25) is 0 Å². The minimum Gasteiger partial charge on any atom is -0.379 e. The SMILES string of the molecule is CC.CCNC(=S)C1CCCC1=O.[3H][3H]. The van der Waals surface area contributed by atoms with E-state index in [4.69, 9.17) is 15.2 Å². The molecule has 1 fully saturated rings. The summed E-state index contributed by atoms with van der Waals surface area (Å²) in [5.41, 5.74) is 0. The lowest BCUT2D eigenvalue weighted by molar-refractivity contribution is -0.118. The molecule has 0 aliphatic heterocycles. The third-order valence-corrected chi connectivity index (χ3v) is 2.40. The molecule has 0 aromatic rings. The Morgan fingerprint density at radius 3 is 2.77 bits per heavy atom. The Morgan fingerprint density at radius 1 is 1.77 bits per heavy atom. The molecule has 78 valence electrons. The lowest BCUT2D eigenvalue weighted by Crippen LogP contribution is -2.30. The summed E-state index contributed by atoms with van der Waals surface area (Å²) >= 11 is 5.06. The van der Waals surface area contributed by atoms with Crippen molar-refractivity contribution < 1.29 is 7.76 Å². The van der Waals surface area contributed by atoms with Gasteiger partial charge in [-0.15, -0.1) is 0 Å². The number of hydrogen-bond donors (Lipinski definition) is 1. The van der Waals surface area contributed by atoms with Crippen LogP contribution in [0.3, 0.4) is 0 Å². The Morgan fingerprint density at radius 2 is 2.38 bits per heavy atom. The van der Waals surface area contributed by atoms with E-state index in [0.29, 0.717) is 5.78 Å². The first-order chi connectivity index (χ1) is 7.25. The predicted octanol–water partition coefficient (Wildman–Crippen LogP) is 2.56. The molecule has 1 saturated carbocycles. The van der Waals surface area contributed by atoms with Crippen LogP contribution in [0.15, 0.2) is 0 Å². The number of ketones is 1. The van der Waals surface area contributed by atoms with Gasteiger partial charge in [-0.25, -0.2) is 0 Å². The summed E-state index contributed by atoms with van der Waals surface area (Å²) in [6, 6.07) is 0. The molecular weight excluding hydrogens is 182 g/mol. The molecule has 0 amide bonds. The number of hydrogen-bond acceptors (Lipinski definition) is 2. The van der Waals surface area contributed by atoms with Gasteiger partial charge in [-0.3, -0.25) is 4.79 Å². The first-order valence-corrected chi connectivity index (χ1v) is 5.47. The highest BCUT2D eigenvalue weighted by Crippen LogP contribution is 2.21. The van der Waals surface area contributed by atoms with E-state index in [9.17, 15) is 4.79 Å². The number of rotatable bonds is 2. The first kappa shape index (κ1) is 10.6. The van der Waals surface area contributed by atoms with Gasteiger partial charge >= 0.3 is 0 Å². The second kappa shape index (κ2) is 7.01. The summed E-state index contributed by atoms with van der Waals surface area (Å²) in [6.45, 7) is 6.81. The van der Waals surface area contributed by atoms with E-state index in [1.54, 1.807) is 0 Å². The normalized spacial score (nSPS) is 21.2. The number of carbonyl (C=O) groups is 1. The van der Waals surface area contributed by atoms with Crippen molar-refractivity contribution >= 4 is 23.0 Å². The van der Waals surface area contributed by atoms with E-state index >= 15 is 0 Å². The number of Topliss-reactive ketones (excluding diaryl/α,β-unsaturated/α-hetero) is 1. The zero-order chi connectivity index (χ0) is 12.3. The number of carbonyl (C=O) groups excluding carboxylic acids is 1. The molecule has 1 atom stereocenters. The van der Waals surface area contributed by atoms with Crippen molar-refractivity contribution in [1.29, 1.82) is 0 Å². The lowest BCUT2D eigenvalue weighted by Gasteiger charge is -2.09. The van der Waals surface area contributed by atoms with Crippen molar-refractivity contribution in [3.05, 3.63) is 0 Å². The van der Waals surface area contributed by atoms with Crippen molar-refractivity contribution in [1.82, 2.24) is 5.32 Å². The van der Waals surface area contributed by atoms with Gasteiger partial charge in [0.2, 0.25) is 0 Å². The molecule has 1 rings (SSSR count). The van der Waals surface area contributed by atoms with Crippen LogP contribution in [0.1, 0.15) is 43.0 Å². The molecule has 13 heavy (non-hydrogen) atoms.